The van der Waals surface area contributed by atoms with Crippen molar-refractivity contribution in [2.45, 2.75) is 70.8 Å². The van der Waals surface area contributed by atoms with E-state index in [4.69, 9.17) is 5.73 Å². The van der Waals surface area contributed by atoms with Crippen LogP contribution >= 0.6 is 0 Å². The second-order valence-corrected chi connectivity index (χ2v) is 8.46. The number of hydrogen-bond acceptors (Lipinski definition) is 2. The molecule has 0 aromatic heterocycles. The summed E-state index contributed by atoms with van der Waals surface area (Å²) in [6.07, 6.45) is 12.6. The Balaban J connectivity index is 1.67. The standard InChI is InChI=1S/C22H40N3/c1-4-5-6-7-8-9-10-11-18-25(2,3)22-16-17-24(19-22)21-14-12-20(23)13-15-21/h12-15,22H,4-11,16-19,23H2,1-3H3/q+1. The molecule has 2 rings (SSSR count). The van der Waals surface area contributed by atoms with Crippen LogP contribution in [0.15, 0.2) is 24.3 Å². The predicted molar refractivity (Wildman–Crippen MR) is 111 cm³/mol. The first-order valence-corrected chi connectivity index (χ1v) is 10.5. The van der Waals surface area contributed by atoms with Crippen molar-refractivity contribution in [2.75, 3.05) is 44.4 Å². The Morgan fingerprint density at radius 1 is 0.960 bits per heavy atom. The van der Waals surface area contributed by atoms with E-state index in [1.165, 1.54) is 87.6 Å². The maximum absolute atomic E-state index is 5.81. The van der Waals surface area contributed by atoms with Crippen molar-refractivity contribution < 1.29 is 4.48 Å². The van der Waals surface area contributed by atoms with Gasteiger partial charge in [0.1, 0.15) is 6.04 Å². The number of hydrogen-bond donors (Lipinski definition) is 1. The lowest BCUT2D eigenvalue weighted by Gasteiger charge is -2.36. The summed E-state index contributed by atoms with van der Waals surface area (Å²) in [5.74, 6) is 0. The number of nitrogen functional groups attached to an aromatic ring is 1. The number of rotatable bonds is 11. The third kappa shape index (κ3) is 6.54. The first kappa shape index (κ1) is 20.1. The zero-order valence-electron chi connectivity index (χ0n) is 16.8. The molecule has 1 atom stereocenters. The van der Waals surface area contributed by atoms with Gasteiger partial charge in [0, 0.05) is 24.3 Å². The SMILES string of the molecule is CCCCCCCCCC[N+](C)(C)C1CCN(c2ccc(N)cc2)C1. The lowest BCUT2D eigenvalue weighted by Crippen LogP contribution is -2.50. The Kier molecular flexibility index (Phi) is 8.08. The van der Waals surface area contributed by atoms with Crippen LogP contribution in [0, 0.1) is 0 Å². The van der Waals surface area contributed by atoms with E-state index in [1.807, 2.05) is 12.1 Å². The second-order valence-electron chi connectivity index (χ2n) is 8.46. The van der Waals surface area contributed by atoms with Crippen molar-refractivity contribution in [2.24, 2.45) is 0 Å². The second kappa shape index (κ2) is 10.1. The number of benzene rings is 1. The van der Waals surface area contributed by atoms with Crippen LogP contribution in [0.5, 0.6) is 0 Å². The number of quaternary nitrogens is 1. The lowest BCUT2D eigenvalue weighted by atomic mass is 10.1. The molecule has 2 N–H and O–H groups in total. The molecule has 0 radical (unpaired) electrons. The average Bonchev–Trinajstić information content (AvgIpc) is 3.09. The van der Waals surface area contributed by atoms with Crippen LogP contribution in [0.3, 0.4) is 0 Å². The monoisotopic (exact) mass is 346 g/mol. The smallest absolute Gasteiger partial charge is 0.108 e. The van der Waals surface area contributed by atoms with Gasteiger partial charge in [-0.2, -0.15) is 0 Å². The van der Waals surface area contributed by atoms with Crippen LogP contribution < -0.4 is 10.6 Å². The fourth-order valence-electron chi connectivity index (χ4n) is 4.07. The van der Waals surface area contributed by atoms with Crippen molar-refractivity contribution in [1.82, 2.24) is 0 Å². The highest BCUT2D eigenvalue weighted by molar-refractivity contribution is 5.53. The molecule has 0 saturated carbocycles. The Morgan fingerprint density at radius 3 is 2.20 bits per heavy atom. The molecule has 1 fully saturated rings. The molecule has 0 bridgehead atoms. The van der Waals surface area contributed by atoms with Crippen molar-refractivity contribution in [3.63, 3.8) is 0 Å². The topological polar surface area (TPSA) is 29.3 Å². The summed E-state index contributed by atoms with van der Waals surface area (Å²) in [5.41, 5.74) is 7.99. The zero-order valence-corrected chi connectivity index (χ0v) is 16.8. The summed E-state index contributed by atoms with van der Waals surface area (Å²) >= 11 is 0. The maximum atomic E-state index is 5.81. The van der Waals surface area contributed by atoms with Gasteiger partial charge in [-0.25, -0.2) is 0 Å². The Labute approximate surface area is 155 Å². The van der Waals surface area contributed by atoms with E-state index in [0.29, 0.717) is 0 Å². The van der Waals surface area contributed by atoms with E-state index in [0.717, 1.165) is 11.7 Å². The van der Waals surface area contributed by atoms with Crippen LogP contribution in [0.1, 0.15) is 64.7 Å². The average molecular weight is 347 g/mol. The molecular weight excluding hydrogens is 306 g/mol. The van der Waals surface area contributed by atoms with Crippen molar-refractivity contribution in [1.29, 1.82) is 0 Å². The highest BCUT2D eigenvalue weighted by Crippen LogP contribution is 2.26. The van der Waals surface area contributed by atoms with E-state index in [-0.39, 0.29) is 0 Å². The van der Waals surface area contributed by atoms with Gasteiger partial charge in [-0.15, -0.1) is 0 Å². The van der Waals surface area contributed by atoms with Crippen molar-refractivity contribution >= 4 is 11.4 Å². The minimum atomic E-state index is 0.752. The number of anilines is 2. The third-order valence-electron chi connectivity index (χ3n) is 6.00. The largest absolute Gasteiger partial charge is 0.399 e. The summed E-state index contributed by atoms with van der Waals surface area (Å²) in [6, 6.07) is 9.11. The van der Waals surface area contributed by atoms with Crippen molar-refractivity contribution in [3.05, 3.63) is 24.3 Å². The van der Waals surface area contributed by atoms with Gasteiger partial charge in [0.2, 0.25) is 0 Å². The van der Waals surface area contributed by atoms with Crippen LogP contribution in [0.25, 0.3) is 0 Å². The summed E-state index contributed by atoms with van der Waals surface area (Å²) in [6.45, 7) is 5.95. The normalized spacial score (nSPS) is 18.0. The number of likely N-dealkylation sites (N-methyl/N-ethyl adjacent to an activating group) is 1. The molecule has 1 saturated heterocycles. The van der Waals surface area contributed by atoms with Gasteiger partial charge in [0.25, 0.3) is 0 Å². The van der Waals surface area contributed by atoms with Crippen LogP contribution in [0.2, 0.25) is 0 Å². The van der Waals surface area contributed by atoms with Crippen LogP contribution in [-0.2, 0) is 0 Å². The van der Waals surface area contributed by atoms with Crippen LogP contribution in [0.4, 0.5) is 11.4 Å². The van der Waals surface area contributed by atoms with Gasteiger partial charge >= 0.3 is 0 Å². The highest BCUT2D eigenvalue weighted by Gasteiger charge is 2.34. The molecule has 1 aliphatic heterocycles. The Hall–Kier alpha value is -1.22. The van der Waals surface area contributed by atoms with Gasteiger partial charge in [-0.05, 0) is 37.1 Å². The summed E-state index contributed by atoms with van der Waals surface area (Å²) < 4.78 is 1.17. The number of nitrogens with two attached hydrogens (primary N) is 1. The minimum Gasteiger partial charge on any atom is -0.399 e. The molecule has 3 nitrogen and oxygen atoms in total. The zero-order chi connectivity index (χ0) is 18.1. The molecule has 1 heterocycles. The predicted octanol–water partition coefficient (Wildman–Crippen LogP) is 5.06. The van der Waals surface area contributed by atoms with Gasteiger partial charge in [0.15, 0.2) is 0 Å². The first-order chi connectivity index (χ1) is 12.0. The molecule has 25 heavy (non-hydrogen) atoms. The summed E-state index contributed by atoms with van der Waals surface area (Å²) in [4.78, 5) is 2.53. The molecule has 0 amide bonds. The van der Waals surface area contributed by atoms with Gasteiger partial charge < -0.3 is 15.1 Å². The van der Waals surface area contributed by atoms with Gasteiger partial charge in [-0.1, -0.05) is 45.4 Å². The number of nitrogens with zero attached hydrogens (tertiary/aromatic N) is 2. The minimum absolute atomic E-state index is 0.752. The molecule has 1 aromatic carbocycles. The molecule has 0 aliphatic carbocycles. The Morgan fingerprint density at radius 2 is 1.56 bits per heavy atom. The van der Waals surface area contributed by atoms with E-state index >= 15 is 0 Å². The summed E-state index contributed by atoms with van der Waals surface area (Å²) in [5, 5.41) is 0. The van der Waals surface area contributed by atoms with Gasteiger partial charge in [-0.3, -0.25) is 0 Å². The van der Waals surface area contributed by atoms with E-state index in [1.54, 1.807) is 0 Å². The maximum Gasteiger partial charge on any atom is 0.108 e. The first-order valence-electron chi connectivity index (χ1n) is 10.5. The molecule has 0 spiro atoms. The number of unbranched alkanes of at least 4 members (excludes halogenated alkanes) is 7. The quantitative estimate of drug-likeness (QED) is 0.344. The van der Waals surface area contributed by atoms with E-state index < -0.39 is 0 Å². The molecule has 1 aromatic rings. The fourth-order valence-corrected chi connectivity index (χ4v) is 4.07. The highest BCUT2D eigenvalue weighted by atomic mass is 15.4. The van der Waals surface area contributed by atoms with Crippen molar-refractivity contribution in [3.8, 4) is 0 Å². The molecular formula is C22H40N3+. The fraction of sp³-hybridized carbons (Fsp3) is 0.727. The van der Waals surface area contributed by atoms with Crippen LogP contribution in [-0.4, -0.2) is 44.3 Å². The third-order valence-corrected chi connectivity index (χ3v) is 6.00. The summed E-state index contributed by atoms with van der Waals surface area (Å²) in [7, 11) is 4.86. The molecule has 3 heteroatoms. The molecule has 142 valence electrons. The molecule has 1 aliphatic rings. The van der Waals surface area contributed by atoms with Gasteiger partial charge in [0.05, 0.1) is 27.2 Å². The molecule has 1 unspecified atom stereocenters. The van der Waals surface area contributed by atoms with E-state index in [9.17, 15) is 0 Å². The van der Waals surface area contributed by atoms with E-state index in [2.05, 4.69) is 38.1 Å². The lowest BCUT2D eigenvalue weighted by molar-refractivity contribution is -0.912. The Bertz CT molecular complexity index is 481.